The second-order valence-corrected chi connectivity index (χ2v) is 9.98. The van der Waals surface area contributed by atoms with Crippen LogP contribution in [0.25, 0.3) is 0 Å². The Hall–Kier alpha value is -2.43. The number of hydrogen-bond acceptors (Lipinski definition) is 8. The number of carbonyl (C=O) groups excluding carboxylic acids is 1. The lowest BCUT2D eigenvalue weighted by atomic mass is 10.2. The highest BCUT2D eigenvalue weighted by atomic mass is 79.9. The quantitative estimate of drug-likeness (QED) is 0.451. The number of anilines is 2. The molecule has 0 aliphatic carbocycles. The summed E-state index contributed by atoms with van der Waals surface area (Å²) >= 11 is 4.70. The zero-order valence-electron chi connectivity index (χ0n) is 15.5. The molecule has 2 heterocycles. The van der Waals surface area contributed by atoms with Crippen LogP contribution in [-0.4, -0.2) is 39.5 Å². The summed E-state index contributed by atoms with van der Waals surface area (Å²) in [7, 11) is -0.962. The second-order valence-electron chi connectivity index (χ2n) is 5.82. The van der Waals surface area contributed by atoms with Gasteiger partial charge in [0.25, 0.3) is 0 Å². The van der Waals surface area contributed by atoms with Crippen molar-refractivity contribution < 1.29 is 22.7 Å². The lowest BCUT2D eigenvalue weighted by molar-refractivity contribution is 0.0602. The fourth-order valence-corrected chi connectivity index (χ4v) is 5.43. The molecule has 0 aliphatic heterocycles. The first-order valence-corrected chi connectivity index (χ1v) is 11.6. The molecule has 7 nitrogen and oxygen atoms in total. The zero-order chi connectivity index (χ0) is 21.0. The molecule has 0 unspecified atom stereocenters. The number of aromatic nitrogens is 1. The van der Waals surface area contributed by atoms with Crippen LogP contribution in [0.4, 0.5) is 11.4 Å². The zero-order valence-corrected chi connectivity index (χ0v) is 18.8. The van der Waals surface area contributed by atoms with Crippen LogP contribution < -0.4 is 9.64 Å². The average molecular weight is 497 g/mol. The number of hydrogen-bond donors (Lipinski definition) is 0. The third-order valence-corrected chi connectivity index (χ3v) is 7.35. The maximum atomic E-state index is 13.1. The molecule has 0 spiro atoms. The van der Waals surface area contributed by atoms with Crippen molar-refractivity contribution in [3.8, 4) is 5.75 Å². The van der Waals surface area contributed by atoms with Gasteiger partial charge >= 0.3 is 5.97 Å². The molecule has 0 saturated heterocycles. The van der Waals surface area contributed by atoms with Gasteiger partial charge in [0.1, 0.15) is 11.6 Å². The molecule has 0 bridgehead atoms. The number of carbonyl (C=O) groups is 1. The van der Waals surface area contributed by atoms with Crippen molar-refractivity contribution in [2.45, 2.75) is 4.90 Å². The van der Waals surface area contributed by atoms with Gasteiger partial charge in [-0.05, 0) is 52.3 Å². The maximum absolute atomic E-state index is 13.1. The van der Waals surface area contributed by atoms with Gasteiger partial charge in [-0.1, -0.05) is 0 Å². The lowest BCUT2D eigenvalue weighted by Crippen LogP contribution is -2.27. The van der Waals surface area contributed by atoms with Crippen molar-refractivity contribution in [2.24, 2.45) is 0 Å². The minimum absolute atomic E-state index is 0.137. The van der Waals surface area contributed by atoms with Gasteiger partial charge in [0.15, 0.2) is 9.84 Å². The van der Waals surface area contributed by atoms with E-state index in [9.17, 15) is 13.2 Å². The third-order valence-electron chi connectivity index (χ3n) is 4.07. The highest BCUT2D eigenvalue weighted by Crippen LogP contribution is 2.41. The van der Waals surface area contributed by atoms with E-state index in [-0.39, 0.29) is 10.5 Å². The van der Waals surface area contributed by atoms with Crippen LogP contribution in [0, 0.1) is 0 Å². The molecule has 0 N–H and O–H groups in total. The van der Waals surface area contributed by atoms with Gasteiger partial charge in [0.2, 0.25) is 0 Å². The SMILES string of the molecule is COC(=O)c1csc(Br)c1N(CS(=O)(=O)c1ccc(OC)cc1)c1cccnc1. The average Bonchev–Trinajstić information content (AvgIpc) is 3.13. The fourth-order valence-electron chi connectivity index (χ4n) is 2.64. The number of methoxy groups -OCH3 is 2. The van der Waals surface area contributed by atoms with Crippen molar-refractivity contribution in [3.63, 3.8) is 0 Å². The first-order chi connectivity index (χ1) is 13.9. The second kappa shape index (κ2) is 8.93. The molecule has 3 rings (SSSR count). The number of esters is 1. The van der Waals surface area contributed by atoms with Crippen molar-refractivity contribution in [1.82, 2.24) is 4.98 Å². The number of thiophene rings is 1. The lowest BCUT2D eigenvalue weighted by Gasteiger charge is -2.25. The minimum Gasteiger partial charge on any atom is -0.497 e. The molecule has 29 heavy (non-hydrogen) atoms. The Labute approximate surface area is 181 Å². The summed E-state index contributed by atoms with van der Waals surface area (Å²) in [4.78, 5) is 18.0. The molecule has 152 valence electrons. The molecule has 2 aromatic heterocycles. The Morgan fingerprint density at radius 1 is 1.21 bits per heavy atom. The van der Waals surface area contributed by atoms with Crippen molar-refractivity contribution >= 4 is 54.4 Å². The van der Waals surface area contributed by atoms with Crippen molar-refractivity contribution in [1.29, 1.82) is 0 Å². The van der Waals surface area contributed by atoms with E-state index in [1.165, 1.54) is 48.8 Å². The van der Waals surface area contributed by atoms with Gasteiger partial charge in [-0.2, -0.15) is 0 Å². The first kappa shape index (κ1) is 21.3. The predicted molar refractivity (Wildman–Crippen MR) is 115 cm³/mol. The van der Waals surface area contributed by atoms with Crippen LogP contribution in [0.5, 0.6) is 5.75 Å². The summed E-state index contributed by atoms with van der Waals surface area (Å²) in [6, 6.07) is 9.56. The Morgan fingerprint density at radius 3 is 2.52 bits per heavy atom. The van der Waals surface area contributed by atoms with Gasteiger partial charge in [-0.3, -0.25) is 4.98 Å². The predicted octanol–water partition coefficient (Wildman–Crippen LogP) is 4.27. The van der Waals surface area contributed by atoms with E-state index in [2.05, 4.69) is 20.9 Å². The summed E-state index contributed by atoms with van der Waals surface area (Å²) in [6.07, 6.45) is 3.12. The molecular weight excluding hydrogens is 480 g/mol. The van der Waals surface area contributed by atoms with E-state index >= 15 is 0 Å². The number of rotatable bonds is 7. The minimum atomic E-state index is -3.75. The monoisotopic (exact) mass is 496 g/mol. The van der Waals surface area contributed by atoms with Crippen LogP contribution in [0.2, 0.25) is 0 Å². The van der Waals surface area contributed by atoms with Crippen LogP contribution in [0.3, 0.4) is 0 Å². The van der Waals surface area contributed by atoms with Crippen molar-refractivity contribution in [3.05, 3.63) is 63.5 Å². The number of sulfone groups is 1. The van der Waals surface area contributed by atoms with E-state index in [1.54, 1.807) is 35.8 Å². The molecule has 10 heteroatoms. The number of halogens is 1. The number of ether oxygens (including phenoxy) is 2. The number of nitrogens with zero attached hydrogens (tertiary/aromatic N) is 2. The van der Waals surface area contributed by atoms with Gasteiger partial charge in [-0.15, -0.1) is 11.3 Å². The molecule has 0 fully saturated rings. The van der Waals surface area contributed by atoms with Gasteiger partial charge in [0.05, 0.1) is 46.0 Å². The Balaban J connectivity index is 2.08. The standard InChI is InChI=1S/C19H17BrN2O5S2/c1-26-14-5-7-15(8-6-14)29(24,25)12-22(13-4-3-9-21-10-13)17-16(19(23)27-2)11-28-18(17)20/h3-11H,12H2,1-2H3. The topological polar surface area (TPSA) is 85.8 Å². The number of benzene rings is 1. The van der Waals surface area contributed by atoms with Crippen molar-refractivity contribution in [2.75, 3.05) is 25.0 Å². The van der Waals surface area contributed by atoms with Gasteiger partial charge < -0.3 is 14.4 Å². The molecule has 0 aliphatic rings. The Kier molecular flexibility index (Phi) is 6.56. The highest BCUT2D eigenvalue weighted by Gasteiger charge is 2.28. The highest BCUT2D eigenvalue weighted by molar-refractivity contribution is 9.11. The van der Waals surface area contributed by atoms with Gasteiger partial charge in [0, 0.05) is 11.6 Å². The Bertz CT molecular complexity index is 1100. The van der Waals surface area contributed by atoms with Crippen LogP contribution in [-0.2, 0) is 14.6 Å². The Morgan fingerprint density at radius 2 is 1.93 bits per heavy atom. The smallest absolute Gasteiger partial charge is 0.340 e. The summed E-state index contributed by atoms with van der Waals surface area (Å²) in [5, 5.41) is 1.62. The molecular formula is C19H17BrN2O5S2. The largest absolute Gasteiger partial charge is 0.497 e. The number of pyridine rings is 1. The summed E-state index contributed by atoms with van der Waals surface area (Å²) < 4.78 is 36.8. The molecule has 0 atom stereocenters. The van der Waals surface area contributed by atoms with E-state index < -0.39 is 21.7 Å². The summed E-state index contributed by atoms with van der Waals surface area (Å²) in [6.45, 7) is 0. The molecule has 0 amide bonds. The molecule has 1 aromatic carbocycles. The van der Waals surface area contributed by atoms with E-state index in [1.807, 2.05) is 0 Å². The van der Waals surface area contributed by atoms with E-state index in [4.69, 9.17) is 9.47 Å². The summed E-state index contributed by atoms with van der Waals surface area (Å²) in [5.41, 5.74) is 1.19. The summed E-state index contributed by atoms with van der Waals surface area (Å²) in [5.74, 6) is -0.399. The van der Waals surface area contributed by atoms with Crippen LogP contribution in [0.1, 0.15) is 10.4 Å². The van der Waals surface area contributed by atoms with E-state index in [0.717, 1.165) is 0 Å². The first-order valence-electron chi connectivity index (χ1n) is 8.27. The molecule has 3 aromatic rings. The normalized spacial score (nSPS) is 11.1. The molecule has 0 saturated carbocycles. The maximum Gasteiger partial charge on any atom is 0.340 e. The third kappa shape index (κ3) is 4.60. The van der Waals surface area contributed by atoms with Crippen LogP contribution >= 0.6 is 27.3 Å². The fraction of sp³-hybridized carbons (Fsp3) is 0.158. The van der Waals surface area contributed by atoms with Gasteiger partial charge in [-0.25, -0.2) is 13.2 Å². The van der Waals surface area contributed by atoms with Crippen LogP contribution in [0.15, 0.2) is 62.9 Å². The molecule has 0 radical (unpaired) electrons. The van der Waals surface area contributed by atoms with E-state index in [0.29, 0.717) is 20.9 Å².